The Labute approximate surface area is 229 Å². The number of hydrogen-bond donors (Lipinski definition) is 3. The summed E-state index contributed by atoms with van der Waals surface area (Å²) in [6.45, 7) is 8.01. The first kappa shape index (κ1) is 29.9. The Balaban J connectivity index is 0.000000268. The van der Waals surface area contributed by atoms with E-state index in [0.717, 1.165) is 28.2 Å². The molecule has 8 nitrogen and oxygen atoms in total. The van der Waals surface area contributed by atoms with Gasteiger partial charge in [0, 0.05) is 11.4 Å². The van der Waals surface area contributed by atoms with Gasteiger partial charge in [-0.3, -0.25) is 10.1 Å². The van der Waals surface area contributed by atoms with Crippen LogP contribution in [-0.4, -0.2) is 4.92 Å². The SMILES string of the molecule is C.Cc1cc(C)cc(Nc2cccc(C#N)c2N)c1.Cc1cc(C)cc(Nc2cccc(C#N)c2[N+](=O)[O-])c1. The van der Waals surface area contributed by atoms with Crippen molar-refractivity contribution in [2.75, 3.05) is 16.4 Å². The summed E-state index contributed by atoms with van der Waals surface area (Å²) in [6, 6.07) is 26.0. The van der Waals surface area contributed by atoms with Gasteiger partial charge in [-0.1, -0.05) is 31.7 Å². The third-order valence-electron chi connectivity index (χ3n) is 5.57. The fraction of sp³-hybridized carbons (Fsp3) is 0.161. The standard InChI is InChI=1S/C15H13N3O2.C15H15N3.CH4/c1-10-6-11(2)8-13(7-10)17-14-5-3-4-12(9-16)15(14)18(19)20;1-10-6-11(2)8-13(7-10)18-14-5-3-4-12(9-16)15(14)17;/h3-8,17H,1-2H3;3-8,18H,17H2,1-2H3;1H4. The number of anilines is 5. The van der Waals surface area contributed by atoms with Crippen LogP contribution in [0.4, 0.5) is 34.1 Å². The summed E-state index contributed by atoms with van der Waals surface area (Å²) in [5.74, 6) is 0. The molecule has 4 aromatic rings. The number of nitrogen functional groups attached to an aromatic ring is 1. The largest absolute Gasteiger partial charge is 0.396 e. The molecule has 0 unspecified atom stereocenters. The summed E-state index contributed by atoms with van der Waals surface area (Å²) in [7, 11) is 0. The molecule has 0 fully saturated rings. The Morgan fingerprint density at radius 3 is 1.56 bits per heavy atom. The summed E-state index contributed by atoms with van der Waals surface area (Å²) in [5, 5.41) is 35.3. The second-order valence-electron chi connectivity index (χ2n) is 8.95. The fourth-order valence-corrected chi connectivity index (χ4v) is 4.11. The molecule has 4 rings (SSSR count). The van der Waals surface area contributed by atoms with Crippen LogP contribution in [0, 0.1) is 60.5 Å². The number of nitriles is 2. The van der Waals surface area contributed by atoms with Crippen LogP contribution in [0.5, 0.6) is 0 Å². The lowest BCUT2D eigenvalue weighted by atomic mass is 10.1. The highest BCUT2D eigenvalue weighted by Gasteiger charge is 2.19. The van der Waals surface area contributed by atoms with E-state index in [0.29, 0.717) is 16.9 Å². The van der Waals surface area contributed by atoms with Gasteiger partial charge in [-0.25, -0.2) is 0 Å². The van der Waals surface area contributed by atoms with Gasteiger partial charge in [0.25, 0.3) is 0 Å². The van der Waals surface area contributed by atoms with Gasteiger partial charge in [0.1, 0.15) is 23.4 Å². The van der Waals surface area contributed by atoms with Crippen LogP contribution >= 0.6 is 0 Å². The lowest BCUT2D eigenvalue weighted by molar-refractivity contribution is -0.384. The van der Waals surface area contributed by atoms with E-state index in [4.69, 9.17) is 16.3 Å². The van der Waals surface area contributed by atoms with Gasteiger partial charge in [-0.15, -0.1) is 0 Å². The van der Waals surface area contributed by atoms with E-state index in [1.165, 1.54) is 17.2 Å². The number of nitrogens with one attached hydrogen (secondary N) is 2. The molecule has 198 valence electrons. The number of nitro benzene ring substituents is 1. The average molecular weight is 521 g/mol. The van der Waals surface area contributed by atoms with Gasteiger partial charge in [0.15, 0.2) is 0 Å². The van der Waals surface area contributed by atoms with Crippen LogP contribution in [0.15, 0.2) is 72.8 Å². The van der Waals surface area contributed by atoms with Crippen LogP contribution in [0.3, 0.4) is 0 Å². The number of nitro groups is 1. The Morgan fingerprint density at radius 1 is 0.718 bits per heavy atom. The number of aryl methyl sites for hydroxylation is 4. The minimum atomic E-state index is -0.538. The molecule has 0 radical (unpaired) electrons. The molecule has 0 heterocycles. The van der Waals surface area contributed by atoms with Gasteiger partial charge in [0.05, 0.1) is 21.9 Å². The second kappa shape index (κ2) is 13.3. The van der Waals surface area contributed by atoms with Crippen molar-refractivity contribution in [2.24, 2.45) is 0 Å². The van der Waals surface area contributed by atoms with Crippen molar-refractivity contribution in [1.82, 2.24) is 0 Å². The number of hydrogen-bond acceptors (Lipinski definition) is 7. The monoisotopic (exact) mass is 520 g/mol. The maximum absolute atomic E-state index is 11.1. The van der Waals surface area contributed by atoms with Gasteiger partial charge >= 0.3 is 5.69 Å². The predicted octanol–water partition coefficient (Wildman–Crippen LogP) is 7.96. The first-order valence-corrected chi connectivity index (χ1v) is 11.8. The van der Waals surface area contributed by atoms with Crippen LogP contribution < -0.4 is 16.4 Å². The van der Waals surface area contributed by atoms with Crippen LogP contribution in [0.2, 0.25) is 0 Å². The van der Waals surface area contributed by atoms with E-state index >= 15 is 0 Å². The predicted molar refractivity (Wildman–Crippen MR) is 159 cm³/mol. The molecule has 0 aromatic heterocycles. The summed E-state index contributed by atoms with van der Waals surface area (Å²) in [6.07, 6.45) is 0. The lowest BCUT2D eigenvalue weighted by Crippen LogP contribution is -2.00. The van der Waals surface area contributed by atoms with E-state index in [9.17, 15) is 10.1 Å². The minimum Gasteiger partial charge on any atom is -0.396 e. The van der Waals surface area contributed by atoms with Gasteiger partial charge in [-0.2, -0.15) is 10.5 Å². The van der Waals surface area contributed by atoms with Crippen LogP contribution in [-0.2, 0) is 0 Å². The molecule has 0 saturated heterocycles. The van der Waals surface area contributed by atoms with Crippen molar-refractivity contribution in [2.45, 2.75) is 35.1 Å². The second-order valence-corrected chi connectivity index (χ2v) is 8.95. The Morgan fingerprint density at radius 2 is 1.13 bits per heavy atom. The first-order valence-electron chi connectivity index (χ1n) is 11.8. The molecule has 0 saturated carbocycles. The highest BCUT2D eigenvalue weighted by atomic mass is 16.6. The summed E-state index contributed by atoms with van der Waals surface area (Å²) >= 11 is 0. The molecular weight excluding hydrogens is 488 g/mol. The van der Waals surface area contributed by atoms with Crippen molar-refractivity contribution < 1.29 is 4.92 Å². The Hall–Kier alpha value is -5.34. The highest BCUT2D eigenvalue weighted by molar-refractivity contribution is 5.77. The third-order valence-corrected chi connectivity index (χ3v) is 5.57. The molecule has 4 aromatic carbocycles. The smallest absolute Gasteiger partial charge is 0.310 e. The van der Waals surface area contributed by atoms with E-state index < -0.39 is 4.92 Å². The van der Waals surface area contributed by atoms with Crippen LogP contribution in [0.25, 0.3) is 0 Å². The maximum atomic E-state index is 11.1. The number of para-hydroxylation sites is 2. The molecule has 0 spiro atoms. The van der Waals surface area contributed by atoms with E-state index in [1.807, 2.05) is 76.2 Å². The fourth-order valence-electron chi connectivity index (χ4n) is 4.11. The van der Waals surface area contributed by atoms with Crippen molar-refractivity contribution in [3.8, 4) is 12.1 Å². The van der Waals surface area contributed by atoms with Crippen LogP contribution in [0.1, 0.15) is 40.8 Å². The quantitative estimate of drug-likeness (QED) is 0.138. The van der Waals surface area contributed by atoms with Crippen molar-refractivity contribution >= 4 is 34.1 Å². The molecule has 0 aliphatic rings. The zero-order valence-electron chi connectivity index (χ0n) is 21.7. The number of nitrogens with two attached hydrogens (primary N) is 1. The van der Waals surface area contributed by atoms with Gasteiger partial charge in [-0.05, 0) is 98.5 Å². The molecule has 0 aliphatic heterocycles. The lowest BCUT2D eigenvalue weighted by Gasteiger charge is -2.11. The first-order chi connectivity index (χ1) is 18.1. The van der Waals surface area contributed by atoms with E-state index in [2.05, 4.69) is 22.8 Å². The Bertz CT molecular complexity index is 1540. The summed E-state index contributed by atoms with van der Waals surface area (Å²) in [5.41, 5.74) is 14.1. The average Bonchev–Trinajstić information content (AvgIpc) is 2.84. The number of nitrogens with zero attached hydrogens (tertiary/aromatic N) is 3. The molecular formula is C31H32N6O2. The van der Waals surface area contributed by atoms with E-state index in [-0.39, 0.29) is 18.7 Å². The molecule has 4 N–H and O–H groups in total. The van der Waals surface area contributed by atoms with Crippen molar-refractivity contribution in [1.29, 1.82) is 10.5 Å². The molecule has 0 aliphatic carbocycles. The normalized spacial score (nSPS) is 9.59. The number of rotatable bonds is 5. The number of benzene rings is 4. The minimum absolute atomic E-state index is 0. The Kier molecular flexibility index (Phi) is 10.2. The van der Waals surface area contributed by atoms with Gasteiger partial charge in [0.2, 0.25) is 0 Å². The summed E-state index contributed by atoms with van der Waals surface area (Å²) in [4.78, 5) is 10.6. The molecule has 0 amide bonds. The molecule has 39 heavy (non-hydrogen) atoms. The molecule has 8 heteroatoms. The molecule has 0 bridgehead atoms. The molecule has 0 atom stereocenters. The summed E-state index contributed by atoms with van der Waals surface area (Å²) < 4.78 is 0. The highest BCUT2D eigenvalue weighted by Crippen LogP contribution is 2.31. The van der Waals surface area contributed by atoms with Crippen molar-refractivity contribution in [3.05, 3.63) is 116 Å². The topological polar surface area (TPSA) is 141 Å². The zero-order chi connectivity index (χ0) is 27.8. The third kappa shape index (κ3) is 7.82. The van der Waals surface area contributed by atoms with Gasteiger partial charge < -0.3 is 16.4 Å². The van der Waals surface area contributed by atoms with Crippen molar-refractivity contribution in [3.63, 3.8) is 0 Å². The van der Waals surface area contributed by atoms with E-state index in [1.54, 1.807) is 18.2 Å². The maximum Gasteiger partial charge on any atom is 0.310 e. The zero-order valence-corrected chi connectivity index (χ0v) is 21.7.